The van der Waals surface area contributed by atoms with Gasteiger partial charge < -0.3 is 9.47 Å². The van der Waals surface area contributed by atoms with Gasteiger partial charge in [0, 0.05) is 6.04 Å². The number of rotatable bonds is 7. The van der Waals surface area contributed by atoms with Crippen LogP contribution in [0, 0.1) is 6.92 Å². The normalized spacial score (nSPS) is 14.1. The van der Waals surface area contributed by atoms with Crippen LogP contribution in [-0.4, -0.2) is 27.5 Å². The Bertz CT molecular complexity index is 919. The van der Waals surface area contributed by atoms with Crippen LogP contribution in [0.5, 0.6) is 5.75 Å². The minimum atomic E-state index is -3.62. The third kappa shape index (κ3) is 4.42. The fourth-order valence-corrected chi connectivity index (χ4v) is 3.80. The largest absolute Gasteiger partial charge is 0.497 e. The third-order valence-electron chi connectivity index (χ3n) is 4.14. The molecule has 26 heavy (non-hydrogen) atoms. The van der Waals surface area contributed by atoms with Crippen molar-refractivity contribution in [3.63, 3.8) is 0 Å². The van der Waals surface area contributed by atoms with Crippen LogP contribution in [0.2, 0.25) is 0 Å². The lowest BCUT2D eigenvalue weighted by molar-refractivity contribution is 0.0471. The molecule has 0 spiro atoms. The summed E-state index contributed by atoms with van der Waals surface area (Å²) in [5.41, 5.74) is 1.69. The number of carbonyl (C=O) groups excluding carboxylic acids is 1. The Kier molecular flexibility index (Phi) is 5.29. The van der Waals surface area contributed by atoms with Gasteiger partial charge in [0.25, 0.3) is 0 Å². The number of hydrogen-bond donors (Lipinski definition) is 1. The molecule has 6 nitrogen and oxygen atoms in total. The molecule has 138 valence electrons. The van der Waals surface area contributed by atoms with Crippen molar-refractivity contribution in [1.29, 1.82) is 0 Å². The van der Waals surface area contributed by atoms with E-state index in [-0.39, 0.29) is 23.1 Å². The van der Waals surface area contributed by atoms with E-state index in [1.165, 1.54) is 12.1 Å². The van der Waals surface area contributed by atoms with Crippen molar-refractivity contribution < 1.29 is 22.7 Å². The molecule has 0 aromatic heterocycles. The Labute approximate surface area is 153 Å². The number of esters is 1. The molecule has 1 N–H and O–H groups in total. The third-order valence-corrected chi connectivity index (χ3v) is 5.66. The van der Waals surface area contributed by atoms with Gasteiger partial charge in [0.05, 0.1) is 17.6 Å². The monoisotopic (exact) mass is 375 g/mol. The standard InChI is InChI=1S/C19H21NO5S/c1-13-6-9-17(26(22,23)20-15-7-8-15)11-18(13)19(21)25-12-14-4-3-5-16(10-14)24-2/h3-6,9-11,15,20H,7-8,12H2,1-2H3. The minimum absolute atomic E-state index is 0.00441. The fraction of sp³-hybridized carbons (Fsp3) is 0.316. The van der Waals surface area contributed by atoms with E-state index in [0.29, 0.717) is 11.3 Å². The lowest BCUT2D eigenvalue weighted by Crippen LogP contribution is -2.26. The first-order valence-corrected chi connectivity index (χ1v) is 9.80. The Morgan fingerprint density at radius 1 is 1.19 bits per heavy atom. The number of sulfonamides is 1. The Morgan fingerprint density at radius 2 is 1.96 bits per heavy atom. The first kappa shape index (κ1) is 18.4. The van der Waals surface area contributed by atoms with Gasteiger partial charge in [-0.05, 0) is 55.2 Å². The molecule has 0 amide bonds. The summed E-state index contributed by atoms with van der Waals surface area (Å²) < 4.78 is 37.8. The zero-order valence-corrected chi connectivity index (χ0v) is 15.5. The first-order chi connectivity index (χ1) is 12.4. The second-order valence-electron chi connectivity index (χ2n) is 6.30. The smallest absolute Gasteiger partial charge is 0.338 e. The summed E-state index contributed by atoms with van der Waals surface area (Å²) >= 11 is 0. The van der Waals surface area contributed by atoms with Crippen LogP contribution >= 0.6 is 0 Å². The Morgan fingerprint density at radius 3 is 2.65 bits per heavy atom. The molecular weight excluding hydrogens is 354 g/mol. The second kappa shape index (κ2) is 7.47. The molecule has 1 aliphatic rings. The number of benzene rings is 2. The molecule has 0 saturated heterocycles. The number of aryl methyl sites for hydroxylation is 1. The zero-order valence-electron chi connectivity index (χ0n) is 14.7. The van der Waals surface area contributed by atoms with E-state index < -0.39 is 16.0 Å². The van der Waals surface area contributed by atoms with E-state index in [0.717, 1.165) is 18.4 Å². The maximum absolute atomic E-state index is 12.4. The van der Waals surface area contributed by atoms with Gasteiger partial charge in [0.1, 0.15) is 12.4 Å². The van der Waals surface area contributed by atoms with Crippen LogP contribution < -0.4 is 9.46 Å². The van der Waals surface area contributed by atoms with E-state index >= 15 is 0 Å². The molecular formula is C19H21NO5S. The van der Waals surface area contributed by atoms with Gasteiger partial charge in [-0.3, -0.25) is 0 Å². The molecule has 1 aliphatic carbocycles. The quantitative estimate of drug-likeness (QED) is 0.753. The number of hydrogen-bond acceptors (Lipinski definition) is 5. The SMILES string of the molecule is COc1cccc(COC(=O)c2cc(S(=O)(=O)NC3CC3)ccc2C)c1. The Hall–Kier alpha value is -2.38. The van der Waals surface area contributed by atoms with Crippen molar-refractivity contribution >= 4 is 16.0 Å². The average molecular weight is 375 g/mol. The van der Waals surface area contributed by atoms with Gasteiger partial charge in [-0.15, -0.1) is 0 Å². The molecule has 0 atom stereocenters. The maximum atomic E-state index is 12.4. The van der Waals surface area contributed by atoms with Crippen molar-refractivity contribution in [2.45, 2.75) is 37.3 Å². The molecule has 2 aromatic carbocycles. The Balaban J connectivity index is 1.74. The summed E-state index contributed by atoms with van der Waals surface area (Å²) in [6, 6.07) is 11.7. The predicted molar refractivity (Wildman–Crippen MR) is 96.6 cm³/mol. The highest BCUT2D eigenvalue weighted by molar-refractivity contribution is 7.89. The predicted octanol–water partition coefficient (Wildman–Crippen LogP) is 2.80. The topological polar surface area (TPSA) is 81.7 Å². The van der Waals surface area contributed by atoms with E-state index in [1.54, 1.807) is 32.2 Å². The highest BCUT2D eigenvalue weighted by Crippen LogP contribution is 2.23. The van der Waals surface area contributed by atoms with Crippen molar-refractivity contribution in [3.05, 3.63) is 59.2 Å². The molecule has 0 heterocycles. The number of methoxy groups -OCH3 is 1. The van der Waals surface area contributed by atoms with Gasteiger partial charge in [0.15, 0.2) is 0 Å². The number of carbonyl (C=O) groups is 1. The van der Waals surface area contributed by atoms with Crippen LogP contribution in [0.25, 0.3) is 0 Å². The zero-order chi connectivity index (χ0) is 18.7. The van der Waals surface area contributed by atoms with Crippen LogP contribution in [0.4, 0.5) is 0 Å². The molecule has 0 bridgehead atoms. The van der Waals surface area contributed by atoms with Crippen LogP contribution in [0.15, 0.2) is 47.4 Å². The lowest BCUT2D eigenvalue weighted by atomic mass is 10.1. The summed E-state index contributed by atoms with van der Waals surface area (Å²) in [6.07, 6.45) is 1.70. The van der Waals surface area contributed by atoms with Gasteiger partial charge in [-0.25, -0.2) is 17.9 Å². The molecule has 0 radical (unpaired) electrons. The van der Waals surface area contributed by atoms with E-state index in [1.807, 2.05) is 12.1 Å². The van der Waals surface area contributed by atoms with E-state index in [2.05, 4.69) is 4.72 Å². The van der Waals surface area contributed by atoms with Gasteiger partial charge in [-0.1, -0.05) is 18.2 Å². The fourth-order valence-electron chi connectivity index (χ4n) is 2.47. The summed E-state index contributed by atoms with van der Waals surface area (Å²) in [4.78, 5) is 12.5. The molecule has 3 rings (SSSR count). The summed E-state index contributed by atoms with van der Waals surface area (Å²) in [5, 5.41) is 0. The lowest BCUT2D eigenvalue weighted by Gasteiger charge is -2.11. The van der Waals surface area contributed by atoms with Crippen LogP contribution in [0.3, 0.4) is 0 Å². The van der Waals surface area contributed by atoms with Crippen molar-refractivity contribution in [2.24, 2.45) is 0 Å². The molecule has 1 fully saturated rings. The highest BCUT2D eigenvalue weighted by Gasteiger charge is 2.28. The van der Waals surface area contributed by atoms with Gasteiger partial charge in [0.2, 0.25) is 10.0 Å². The summed E-state index contributed by atoms with van der Waals surface area (Å²) in [5.74, 6) is 0.114. The second-order valence-corrected chi connectivity index (χ2v) is 8.01. The molecule has 2 aromatic rings. The summed E-state index contributed by atoms with van der Waals surface area (Å²) in [7, 11) is -2.05. The molecule has 0 unspecified atom stereocenters. The highest BCUT2D eigenvalue weighted by atomic mass is 32.2. The van der Waals surface area contributed by atoms with Crippen molar-refractivity contribution in [2.75, 3.05) is 7.11 Å². The number of ether oxygens (including phenoxy) is 2. The summed E-state index contributed by atoms with van der Waals surface area (Å²) in [6.45, 7) is 1.82. The van der Waals surface area contributed by atoms with Gasteiger partial charge in [-0.2, -0.15) is 0 Å². The molecule has 0 aliphatic heterocycles. The molecule has 7 heteroatoms. The van der Waals surface area contributed by atoms with E-state index in [4.69, 9.17) is 9.47 Å². The average Bonchev–Trinajstić information content (AvgIpc) is 3.43. The number of nitrogens with one attached hydrogen (secondary N) is 1. The minimum Gasteiger partial charge on any atom is -0.497 e. The van der Waals surface area contributed by atoms with Crippen LogP contribution in [-0.2, 0) is 21.4 Å². The van der Waals surface area contributed by atoms with Crippen molar-refractivity contribution in [3.8, 4) is 5.75 Å². The van der Waals surface area contributed by atoms with Gasteiger partial charge >= 0.3 is 5.97 Å². The van der Waals surface area contributed by atoms with Crippen LogP contribution in [0.1, 0.15) is 34.3 Å². The first-order valence-electron chi connectivity index (χ1n) is 8.32. The van der Waals surface area contributed by atoms with Crippen molar-refractivity contribution in [1.82, 2.24) is 4.72 Å². The maximum Gasteiger partial charge on any atom is 0.338 e. The van der Waals surface area contributed by atoms with E-state index in [9.17, 15) is 13.2 Å². The molecule has 1 saturated carbocycles.